The highest BCUT2D eigenvalue weighted by Crippen LogP contribution is 2.20. The predicted molar refractivity (Wildman–Crippen MR) is 98.7 cm³/mol. The molecule has 0 amide bonds. The molecule has 1 saturated heterocycles. The van der Waals surface area contributed by atoms with Gasteiger partial charge in [-0.2, -0.15) is 0 Å². The topological polar surface area (TPSA) is 26.7 Å². The first kappa shape index (κ1) is 19.0. The summed E-state index contributed by atoms with van der Waals surface area (Å²) in [5.41, 5.74) is 3.36. The summed E-state index contributed by atoms with van der Waals surface area (Å²) in [7, 11) is 0. The summed E-state index contributed by atoms with van der Waals surface area (Å²) < 4.78 is 26.5. The van der Waals surface area contributed by atoms with E-state index in [4.69, 9.17) is 0 Å². The van der Waals surface area contributed by atoms with Gasteiger partial charge in [-0.3, -0.25) is 9.80 Å². The van der Waals surface area contributed by atoms with Gasteiger partial charge in [-0.15, -0.1) is 0 Å². The minimum Gasteiger partial charge on any atom is -0.396 e. The maximum Gasteiger partial charge on any atom is 0.159 e. The number of hydrogen-bond acceptors (Lipinski definition) is 3. The molecule has 1 aliphatic heterocycles. The molecule has 1 N–H and O–H groups in total. The maximum absolute atomic E-state index is 13.4. The number of halogens is 2. The molecule has 1 atom stereocenters. The Morgan fingerprint density at radius 2 is 1.85 bits per heavy atom. The lowest BCUT2D eigenvalue weighted by molar-refractivity contribution is 0.0498. The van der Waals surface area contributed by atoms with E-state index < -0.39 is 11.6 Å². The fraction of sp³-hybridized carbons (Fsp3) is 0.429. The van der Waals surface area contributed by atoms with Gasteiger partial charge in [0.15, 0.2) is 11.6 Å². The van der Waals surface area contributed by atoms with Crippen LogP contribution in [0.3, 0.4) is 0 Å². The summed E-state index contributed by atoms with van der Waals surface area (Å²) in [5, 5.41) is 9.46. The second-order valence-electron chi connectivity index (χ2n) is 7.05. The molecule has 0 bridgehead atoms. The Labute approximate surface area is 153 Å². The van der Waals surface area contributed by atoms with Crippen LogP contribution < -0.4 is 0 Å². The first-order valence-corrected chi connectivity index (χ1v) is 9.12. The van der Waals surface area contributed by atoms with Crippen LogP contribution in [0.25, 0.3) is 0 Å². The van der Waals surface area contributed by atoms with Crippen molar-refractivity contribution in [2.45, 2.75) is 32.5 Å². The molecule has 0 aliphatic carbocycles. The zero-order chi connectivity index (χ0) is 18.5. The van der Waals surface area contributed by atoms with Gasteiger partial charge in [0.2, 0.25) is 0 Å². The third-order valence-corrected chi connectivity index (χ3v) is 5.18. The number of aryl methyl sites for hydroxylation is 1. The van der Waals surface area contributed by atoms with Crippen LogP contribution in [0.15, 0.2) is 42.5 Å². The van der Waals surface area contributed by atoms with E-state index in [2.05, 4.69) is 34.9 Å². The van der Waals surface area contributed by atoms with Crippen molar-refractivity contribution in [1.29, 1.82) is 0 Å². The fourth-order valence-electron chi connectivity index (χ4n) is 3.63. The second kappa shape index (κ2) is 8.71. The molecule has 2 aromatic rings. The molecule has 2 aromatic carbocycles. The zero-order valence-electron chi connectivity index (χ0n) is 15.2. The second-order valence-corrected chi connectivity index (χ2v) is 7.05. The van der Waals surface area contributed by atoms with Crippen molar-refractivity contribution in [3.8, 4) is 0 Å². The minimum absolute atomic E-state index is 0.147. The molecule has 3 rings (SSSR count). The van der Waals surface area contributed by atoms with Gasteiger partial charge in [-0.05, 0) is 42.2 Å². The van der Waals surface area contributed by atoms with Crippen LogP contribution in [0.2, 0.25) is 0 Å². The third kappa shape index (κ3) is 4.67. The molecule has 0 spiro atoms. The van der Waals surface area contributed by atoms with Gasteiger partial charge in [-0.25, -0.2) is 8.78 Å². The van der Waals surface area contributed by atoms with Gasteiger partial charge in [0.25, 0.3) is 0 Å². The summed E-state index contributed by atoms with van der Waals surface area (Å²) in [6, 6.07) is 12.7. The van der Waals surface area contributed by atoms with Crippen LogP contribution in [0.5, 0.6) is 0 Å². The lowest BCUT2D eigenvalue weighted by atomic mass is 10.0. The number of aliphatic hydroxyl groups excluding tert-OH is 1. The molecular formula is C21H26F2N2O. The fourth-order valence-corrected chi connectivity index (χ4v) is 3.63. The van der Waals surface area contributed by atoms with Gasteiger partial charge in [0.1, 0.15) is 0 Å². The van der Waals surface area contributed by atoms with Crippen molar-refractivity contribution in [1.82, 2.24) is 9.80 Å². The van der Waals surface area contributed by atoms with E-state index in [0.717, 1.165) is 31.7 Å². The minimum atomic E-state index is -0.810. The Kier molecular flexibility index (Phi) is 6.35. The van der Waals surface area contributed by atoms with Crippen LogP contribution in [0, 0.1) is 18.6 Å². The van der Waals surface area contributed by atoms with E-state index in [1.54, 1.807) is 6.07 Å². The smallest absolute Gasteiger partial charge is 0.159 e. The average Bonchev–Trinajstić information content (AvgIpc) is 2.62. The van der Waals surface area contributed by atoms with Crippen LogP contribution in [0.4, 0.5) is 8.78 Å². The molecule has 1 fully saturated rings. The van der Waals surface area contributed by atoms with Crippen molar-refractivity contribution in [3.63, 3.8) is 0 Å². The molecule has 0 unspecified atom stereocenters. The lowest BCUT2D eigenvalue weighted by Gasteiger charge is -2.41. The Balaban J connectivity index is 1.65. The molecule has 0 radical (unpaired) electrons. The van der Waals surface area contributed by atoms with Gasteiger partial charge < -0.3 is 5.11 Å². The molecule has 26 heavy (non-hydrogen) atoms. The van der Waals surface area contributed by atoms with Gasteiger partial charge in [-0.1, -0.05) is 30.3 Å². The number of aliphatic hydroxyl groups is 1. The van der Waals surface area contributed by atoms with Crippen molar-refractivity contribution in [3.05, 3.63) is 70.8 Å². The number of piperazine rings is 1. The average molecular weight is 360 g/mol. The van der Waals surface area contributed by atoms with E-state index in [1.165, 1.54) is 23.3 Å². The van der Waals surface area contributed by atoms with E-state index >= 15 is 0 Å². The Morgan fingerprint density at radius 1 is 1.04 bits per heavy atom. The summed E-state index contributed by atoms with van der Waals surface area (Å²) in [6.45, 7) is 6.30. The quantitative estimate of drug-likeness (QED) is 0.856. The first-order valence-electron chi connectivity index (χ1n) is 9.12. The summed E-state index contributed by atoms with van der Waals surface area (Å²) in [6.07, 6.45) is 0.708. The highest BCUT2D eigenvalue weighted by atomic mass is 19.2. The van der Waals surface area contributed by atoms with Crippen molar-refractivity contribution < 1.29 is 13.9 Å². The van der Waals surface area contributed by atoms with E-state index in [1.807, 2.05) is 6.07 Å². The Hall–Kier alpha value is -1.82. The molecular weight excluding hydrogens is 334 g/mol. The molecule has 0 saturated carbocycles. The van der Waals surface area contributed by atoms with Crippen LogP contribution in [0.1, 0.15) is 23.1 Å². The lowest BCUT2D eigenvalue weighted by Crippen LogP contribution is -2.52. The van der Waals surface area contributed by atoms with E-state index in [-0.39, 0.29) is 12.6 Å². The van der Waals surface area contributed by atoms with Crippen LogP contribution >= 0.6 is 0 Å². The monoisotopic (exact) mass is 360 g/mol. The summed E-state index contributed by atoms with van der Waals surface area (Å²) >= 11 is 0. The number of hydrogen-bond donors (Lipinski definition) is 1. The van der Waals surface area contributed by atoms with E-state index in [0.29, 0.717) is 13.0 Å². The number of nitrogens with zero attached hydrogens (tertiary/aromatic N) is 2. The molecule has 3 nitrogen and oxygen atoms in total. The molecule has 1 heterocycles. The summed E-state index contributed by atoms with van der Waals surface area (Å²) in [4.78, 5) is 4.67. The Morgan fingerprint density at radius 3 is 2.58 bits per heavy atom. The largest absolute Gasteiger partial charge is 0.396 e. The molecule has 140 valence electrons. The molecule has 0 aromatic heterocycles. The predicted octanol–water partition coefficient (Wildman–Crippen LogP) is 3.34. The molecule has 1 aliphatic rings. The van der Waals surface area contributed by atoms with Crippen molar-refractivity contribution >= 4 is 0 Å². The normalized spacial score (nSPS) is 19.0. The highest BCUT2D eigenvalue weighted by molar-refractivity contribution is 5.25. The standard InChI is InChI=1S/C21H26F2N2O/c1-16-4-2-3-5-18(16)14-25-10-9-24(15-19(25)8-11-26)13-17-6-7-20(22)21(23)12-17/h2-7,12,19,26H,8-11,13-15H2,1H3/t19-/m0/s1. The Bertz CT molecular complexity index is 738. The maximum atomic E-state index is 13.4. The van der Waals surface area contributed by atoms with Gasteiger partial charge in [0.05, 0.1) is 0 Å². The molecule has 5 heteroatoms. The summed E-state index contributed by atoms with van der Waals surface area (Å²) in [5.74, 6) is -1.61. The number of rotatable bonds is 6. The van der Waals surface area contributed by atoms with E-state index in [9.17, 15) is 13.9 Å². The third-order valence-electron chi connectivity index (χ3n) is 5.18. The highest BCUT2D eigenvalue weighted by Gasteiger charge is 2.27. The number of benzene rings is 2. The zero-order valence-corrected chi connectivity index (χ0v) is 15.2. The van der Waals surface area contributed by atoms with Crippen molar-refractivity contribution in [2.75, 3.05) is 26.2 Å². The van der Waals surface area contributed by atoms with Crippen LogP contribution in [-0.2, 0) is 13.1 Å². The first-order chi connectivity index (χ1) is 12.6. The van der Waals surface area contributed by atoms with Gasteiger partial charge >= 0.3 is 0 Å². The van der Waals surface area contributed by atoms with Crippen LogP contribution in [-0.4, -0.2) is 47.2 Å². The SMILES string of the molecule is Cc1ccccc1CN1CCN(Cc2ccc(F)c(F)c2)C[C@@H]1CCO. The van der Waals surface area contributed by atoms with Crippen molar-refractivity contribution in [2.24, 2.45) is 0 Å². The van der Waals surface area contributed by atoms with Gasteiger partial charge in [0, 0.05) is 45.4 Å².